The van der Waals surface area contributed by atoms with Crippen molar-refractivity contribution in [1.29, 1.82) is 0 Å². The van der Waals surface area contributed by atoms with E-state index in [2.05, 4.69) is 33.7 Å². The molecule has 1 aliphatic rings. The van der Waals surface area contributed by atoms with Crippen molar-refractivity contribution >= 4 is 5.91 Å². The number of carbonyl (C=O) groups is 1. The standard InChI is InChI=1S/C21H25N5O/c1-16-13-22-20(18-8-4-3-5-9-18)26(16)15-17-7-6-12-25(14-17)21(27)19-10-11-23-24(19)2/h3-5,8-11,13,17H,6-7,12,14-15H2,1-2H3. The van der Waals surface area contributed by atoms with Crippen LogP contribution in [0.1, 0.15) is 29.0 Å². The molecule has 6 nitrogen and oxygen atoms in total. The van der Waals surface area contributed by atoms with Crippen LogP contribution < -0.4 is 0 Å². The van der Waals surface area contributed by atoms with Crippen LogP contribution in [0.15, 0.2) is 48.8 Å². The number of rotatable bonds is 4. The summed E-state index contributed by atoms with van der Waals surface area (Å²) in [6, 6.07) is 12.1. The molecular formula is C21H25N5O. The Kier molecular flexibility index (Phi) is 4.79. The molecule has 1 saturated heterocycles. The van der Waals surface area contributed by atoms with Crippen LogP contribution in [0.3, 0.4) is 0 Å². The maximum atomic E-state index is 12.8. The van der Waals surface area contributed by atoms with Crippen molar-refractivity contribution in [3.05, 3.63) is 60.2 Å². The summed E-state index contributed by atoms with van der Waals surface area (Å²) < 4.78 is 3.94. The Labute approximate surface area is 159 Å². The van der Waals surface area contributed by atoms with Crippen LogP contribution in [0.25, 0.3) is 11.4 Å². The first kappa shape index (κ1) is 17.5. The summed E-state index contributed by atoms with van der Waals surface area (Å²) in [6.07, 6.45) is 5.77. The van der Waals surface area contributed by atoms with Gasteiger partial charge in [-0.3, -0.25) is 9.48 Å². The van der Waals surface area contributed by atoms with Gasteiger partial charge in [-0.05, 0) is 31.7 Å². The highest BCUT2D eigenvalue weighted by atomic mass is 16.2. The molecule has 2 aromatic heterocycles. The van der Waals surface area contributed by atoms with Gasteiger partial charge in [0.25, 0.3) is 5.91 Å². The molecule has 0 N–H and O–H groups in total. The molecule has 1 aromatic carbocycles. The summed E-state index contributed by atoms with van der Waals surface area (Å²) in [4.78, 5) is 19.4. The lowest BCUT2D eigenvalue weighted by atomic mass is 9.97. The maximum Gasteiger partial charge on any atom is 0.272 e. The largest absolute Gasteiger partial charge is 0.337 e. The fourth-order valence-corrected chi connectivity index (χ4v) is 3.91. The first-order chi connectivity index (χ1) is 13.1. The number of nitrogens with zero attached hydrogens (tertiary/aromatic N) is 5. The molecule has 27 heavy (non-hydrogen) atoms. The summed E-state index contributed by atoms with van der Waals surface area (Å²) in [5.74, 6) is 1.50. The van der Waals surface area contributed by atoms with Crippen molar-refractivity contribution in [2.45, 2.75) is 26.3 Å². The number of aryl methyl sites for hydroxylation is 2. The van der Waals surface area contributed by atoms with E-state index in [4.69, 9.17) is 0 Å². The van der Waals surface area contributed by atoms with E-state index < -0.39 is 0 Å². The van der Waals surface area contributed by atoms with Gasteiger partial charge in [-0.2, -0.15) is 5.10 Å². The zero-order valence-corrected chi connectivity index (χ0v) is 15.9. The van der Waals surface area contributed by atoms with E-state index in [9.17, 15) is 4.79 Å². The number of benzene rings is 1. The highest BCUT2D eigenvalue weighted by Gasteiger charge is 2.27. The second-order valence-corrected chi connectivity index (χ2v) is 7.30. The molecule has 0 bridgehead atoms. The highest BCUT2D eigenvalue weighted by molar-refractivity contribution is 5.92. The third kappa shape index (κ3) is 3.52. The fraction of sp³-hybridized carbons (Fsp3) is 0.381. The van der Waals surface area contributed by atoms with Crippen molar-refractivity contribution in [2.75, 3.05) is 13.1 Å². The van der Waals surface area contributed by atoms with Gasteiger partial charge in [0.05, 0.1) is 0 Å². The summed E-state index contributed by atoms with van der Waals surface area (Å²) >= 11 is 0. The molecule has 1 amide bonds. The lowest BCUT2D eigenvalue weighted by Gasteiger charge is -2.33. The number of piperidine rings is 1. The van der Waals surface area contributed by atoms with E-state index in [0.717, 1.165) is 49.6 Å². The third-order valence-electron chi connectivity index (χ3n) is 5.37. The molecule has 1 aliphatic heterocycles. The van der Waals surface area contributed by atoms with E-state index in [-0.39, 0.29) is 5.91 Å². The second kappa shape index (κ2) is 7.39. The van der Waals surface area contributed by atoms with Crippen molar-refractivity contribution in [3.8, 4) is 11.4 Å². The Morgan fingerprint density at radius 2 is 2.04 bits per heavy atom. The molecule has 4 rings (SSSR count). The van der Waals surface area contributed by atoms with E-state index in [0.29, 0.717) is 11.6 Å². The molecular weight excluding hydrogens is 338 g/mol. The first-order valence-corrected chi connectivity index (χ1v) is 9.48. The van der Waals surface area contributed by atoms with Crippen LogP contribution in [0.4, 0.5) is 0 Å². The van der Waals surface area contributed by atoms with Gasteiger partial charge in [0.15, 0.2) is 0 Å². The normalized spacial score (nSPS) is 17.3. The number of hydrogen-bond acceptors (Lipinski definition) is 3. The number of hydrogen-bond donors (Lipinski definition) is 0. The minimum absolute atomic E-state index is 0.0744. The molecule has 0 spiro atoms. The monoisotopic (exact) mass is 363 g/mol. The predicted octanol–water partition coefficient (Wildman–Crippen LogP) is 3.14. The van der Waals surface area contributed by atoms with E-state index >= 15 is 0 Å². The maximum absolute atomic E-state index is 12.8. The number of likely N-dealkylation sites (tertiary alicyclic amines) is 1. The zero-order valence-electron chi connectivity index (χ0n) is 15.9. The van der Waals surface area contributed by atoms with Gasteiger partial charge in [-0.25, -0.2) is 4.98 Å². The molecule has 6 heteroatoms. The van der Waals surface area contributed by atoms with Gasteiger partial charge < -0.3 is 9.47 Å². The van der Waals surface area contributed by atoms with Gasteiger partial charge in [-0.1, -0.05) is 30.3 Å². The molecule has 1 atom stereocenters. The molecule has 3 heterocycles. The van der Waals surface area contributed by atoms with E-state index in [1.807, 2.05) is 36.3 Å². The molecule has 140 valence electrons. The van der Waals surface area contributed by atoms with Gasteiger partial charge in [0.1, 0.15) is 11.5 Å². The molecule has 0 saturated carbocycles. The average Bonchev–Trinajstić information content (AvgIpc) is 3.28. The van der Waals surface area contributed by atoms with Crippen LogP contribution >= 0.6 is 0 Å². The Morgan fingerprint density at radius 1 is 1.22 bits per heavy atom. The third-order valence-corrected chi connectivity index (χ3v) is 5.37. The number of aromatic nitrogens is 4. The summed E-state index contributed by atoms with van der Waals surface area (Å²) in [5, 5.41) is 4.13. The van der Waals surface area contributed by atoms with Crippen LogP contribution in [-0.4, -0.2) is 43.2 Å². The average molecular weight is 363 g/mol. The van der Waals surface area contributed by atoms with E-state index in [1.165, 1.54) is 0 Å². The molecule has 0 radical (unpaired) electrons. The molecule has 1 unspecified atom stereocenters. The lowest BCUT2D eigenvalue weighted by molar-refractivity contribution is 0.0651. The summed E-state index contributed by atoms with van der Waals surface area (Å²) in [5.41, 5.74) is 2.94. The zero-order chi connectivity index (χ0) is 18.8. The highest BCUT2D eigenvalue weighted by Crippen LogP contribution is 2.25. The van der Waals surface area contributed by atoms with Gasteiger partial charge in [0, 0.05) is 50.3 Å². The van der Waals surface area contributed by atoms with Crippen LogP contribution in [0, 0.1) is 12.8 Å². The van der Waals surface area contributed by atoms with Crippen LogP contribution in [0.2, 0.25) is 0 Å². The van der Waals surface area contributed by atoms with Crippen molar-refractivity contribution < 1.29 is 4.79 Å². The van der Waals surface area contributed by atoms with E-state index in [1.54, 1.807) is 16.9 Å². The lowest BCUT2D eigenvalue weighted by Crippen LogP contribution is -2.41. The van der Waals surface area contributed by atoms with Crippen LogP contribution in [-0.2, 0) is 13.6 Å². The predicted molar refractivity (Wildman–Crippen MR) is 104 cm³/mol. The topological polar surface area (TPSA) is 56.0 Å². The van der Waals surface area contributed by atoms with Gasteiger partial charge in [0.2, 0.25) is 0 Å². The quantitative estimate of drug-likeness (QED) is 0.715. The number of imidazole rings is 1. The summed E-state index contributed by atoms with van der Waals surface area (Å²) in [7, 11) is 1.82. The molecule has 1 fully saturated rings. The van der Waals surface area contributed by atoms with Crippen molar-refractivity contribution in [1.82, 2.24) is 24.2 Å². The van der Waals surface area contributed by atoms with Gasteiger partial charge >= 0.3 is 0 Å². The van der Waals surface area contributed by atoms with Crippen LogP contribution in [0.5, 0.6) is 0 Å². The number of carbonyl (C=O) groups excluding carboxylic acids is 1. The van der Waals surface area contributed by atoms with Crippen molar-refractivity contribution in [3.63, 3.8) is 0 Å². The Bertz CT molecular complexity index is 927. The molecule has 3 aromatic rings. The van der Waals surface area contributed by atoms with Crippen molar-refractivity contribution in [2.24, 2.45) is 13.0 Å². The Hall–Kier alpha value is -2.89. The second-order valence-electron chi connectivity index (χ2n) is 7.30. The fourth-order valence-electron chi connectivity index (χ4n) is 3.91. The Balaban J connectivity index is 1.51. The van der Waals surface area contributed by atoms with Gasteiger partial charge in [-0.15, -0.1) is 0 Å². The Morgan fingerprint density at radius 3 is 2.78 bits per heavy atom. The SMILES string of the molecule is Cc1cnc(-c2ccccc2)n1CC1CCCN(C(=O)c2ccnn2C)C1. The molecule has 0 aliphatic carbocycles. The number of amides is 1. The summed E-state index contributed by atoms with van der Waals surface area (Å²) in [6.45, 7) is 4.57. The smallest absolute Gasteiger partial charge is 0.272 e. The minimum Gasteiger partial charge on any atom is -0.337 e. The first-order valence-electron chi connectivity index (χ1n) is 9.48. The minimum atomic E-state index is 0.0744.